The van der Waals surface area contributed by atoms with E-state index in [0.717, 1.165) is 6.07 Å². The lowest BCUT2D eigenvalue weighted by Gasteiger charge is -2.03. The summed E-state index contributed by atoms with van der Waals surface area (Å²) in [5, 5.41) is 8.53. The van der Waals surface area contributed by atoms with Crippen molar-refractivity contribution in [1.29, 1.82) is 0 Å². The smallest absolute Gasteiger partial charge is 0.336 e. The molecule has 1 amide bonds. The summed E-state index contributed by atoms with van der Waals surface area (Å²) >= 11 is 0. The highest BCUT2D eigenvalue weighted by atomic mass is 19.2. The third kappa shape index (κ3) is 1.54. The Morgan fingerprint density at radius 1 is 1.29 bits per heavy atom. The predicted molar refractivity (Wildman–Crippen MR) is 41.8 cm³/mol. The van der Waals surface area contributed by atoms with Crippen molar-refractivity contribution in [3.05, 3.63) is 34.9 Å². The number of carboxylic acids is 1. The topological polar surface area (TPSA) is 80.4 Å². The van der Waals surface area contributed by atoms with Crippen LogP contribution in [0.15, 0.2) is 12.1 Å². The third-order valence-corrected chi connectivity index (χ3v) is 1.57. The van der Waals surface area contributed by atoms with Gasteiger partial charge in [0.2, 0.25) is 0 Å². The van der Waals surface area contributed by atoms with Gasteiger partial charge in [-0.1, -0.05) is 0 Å². The zero-order chi connectivity index (χ0) is 10.9. The van der Waals surface area contributed by atoms with Crippen LogP contribution in [-0.4, -0.2) is 17.0 Å². The van der Waals surface area contributed by atoms with Gasteiger partial charge in [-0.25, -0.2) is 13.6 Å². The van der Waals surface area contributed by atoms with E-state index in [-0.39, 0.29) is 0 Å². The van der Waals surface area contributed by atoms with Gasteiger partial charge in [-0.2, -0.15) is 0 Å². The lowest BCUT2D eigenvalue weighted by atomic mass is 10.1. The molecule has 0 aliphatic rings. The highest BCUT2D eigenvalue weighted by molar-refractivity contribution is 6.04. The number of benzene rings is 1. The summed E-state index contributed by atoms with van der Waals surface area (Å²) in [5.74, 6) is -5.72. The minimum absolute atomic E-state index is 0.616. The van der Waals surface area contributed by atoms with Crippen LogP contribution >= 0.6 is 0 Å². The number of hydrogen-bond donors (Lipinski definition) is 2. The lowest BCUT2D eigenvalue weighted by molar-refractivity contribution is 0.0691. The Kier molecular flexibility index (Phi) is 2.46. The van der Waals surface area contributed by atoms with Crippen LogP contribution in [0.3, 0.4) is 0 Å². The molecule has 0 heterocycles. The van der Waals surface area contributed by atoms with Crippen LogP contribution < -0.4 is 5.73 Å². The van der Waals surface area contributed by atoms with E-state index >= 15 is 0 Å². The lowest BCUT2D eigenvalue weighted by Crippen LogP contribution is -2.19. The molecule has 0 atom stereocenters. The highest BCUT2D eigenvalue weighted by Gasteiger charge is 2.21. The van der Waals surface area contributed by atoms with E-state index in [9.17, 15) is 18.4 Å². The van der Waals surface area contributed by atoms with Crippen molar-refractivity contribution >= 4 is 11.9 Å². The van der Waals surface area contributed by atoms with Crippen LogP contribution in [0, 0.1) is 11.6 Å². The van der Waals surface area contributed by atoms with Gasteiger partial charge >= 0.3 is 5.97 Å². The fraction of sp³-hybridized carbons (Fsp3) is 0. The molecule has 0 saturated carbocycles. The van der Waals surface area contributed by atoms with E-state index < -0.39 is 34.6 Å². The van der Waals surface area contributed by atoms with E-state index in [1.165, 1.54) is 0 Å². The SMILES string of the molecule is NC(=O)c1c(C(=O)O)ccc(F)c1F. The molecule has 0 aliphatic heterocycles. The summed E-state index contributed by atoms with van der Waals surface area (Å²) in [7, 11) is 0. The number of carboxylic acid groups (broad SMARTS) is 1. The van der Waals surface area contributed by atoms with Gasteiger partial charge in [-0.05, 0) is 12.1 Å². The second-order valence-electron chi connectivity index (χ2n) is 2.45. The molecule has 74 valence electrons. The Morgan fingerprint density at radius 2 is 1.86 bits per heavy atom. The van der Waals surface area contributed by atoms with Gasteiger partial charge in [0, 0.05) is 0 Å². The molecule has 1 rings (SSSR count). The summed E-state index contributed by atoms with van der Waals surface area (Å²) in [6.07, 6.45) is 0. The number of aromatic carboxylic acids is 1. The number of rotatable bonds is 2. The number of primary amides is 1. The van der Waals surface area contributed by atoms with Crippen molar-refractivity contribution in [2.75, 3.05) is 0 Å². The summed E-state index contributed by atoms with van der Waals surface area (Å²) < 4.78 is 25.5. The van der Waals surface area contributed by atoms with Crippen molar-refractivity contribution < 1.29 is 23.5 Å². The molecular formula is C8H5F2NO3. The van der Waals surface area contributed by atoms with Crippen LogP contribution in [0.1, 0.15) is 20.7 Å². The van der Waals surface area contributed by atoms with Crippen molar-refractivity contribution in [3.63, 3.8) is 0 Å². The Bertz CT molecular complexity index is 417. The monoisotopic (exact) mass is 201 g/mol. The zero-order valence-electron chi connectivity index (χ0n) is 6.75. The second kappa shape index (κ2) is 3.41. The Hall–Kier alpha value is -1.98. The average molecular weight is 201 g/mol. The standard InChI is InChI=1S/C8H5F2NO3/c9-4-2-1-3(8(13)14)5(6(4)10)7(11)12/h1-2H,(H2,11,12)(H,13,14). The normalized spacial score (nSPS) is 9.86. The molecule has 1 aromatic rings. The van der Waals surface area contributed by atoms with E-state index in [2.05, 4.69) is 0 Å². The number of carbonyl (C=O) groups excluding carboxylic acids is 1. The molecule has 0 saturated heterocycles. The van der Waals surface area contributed by atoms with E-state index in [1.807, 2.05) is 0 Å². The summed E-state index contributed by atoms with van der Waals surface area (Å²) in [4.78, 5) is 21.1. The second-order valence-corrected chi connectivity index (χ2v) is 2.45. The first-order valence-corrected chi connectivity index (χ1v) is 3.46. The largest absolute Gasteiger partial charge is 0.478 e. The fourth-order valence-electron chi connectivity index (χ4n) is 0.970. The van der Waals surface area contributed by atoms with Gasteiger partial charge in [-0.3, -0.25) is 4.79 Å². The molecule has 0 aliphatic carbocycles. The van der Waals surface area contributed by atoms with E-state index in [4.69, 9.17) is 10.8 Å². The molecular weight excluding hydrogens is 196 g/mol. The van der Waals surface area contributed by atoms with Crippen LogP contribution in [0.4, 0.5) is 8.78 Å². The Balaban J connectivity index is 3.53. The maximum atomic E-state index is 12.9. The number of amides is 1. The maximum Gasteiger partial charge on any atom is 0.336 e. The molecule has 3 N–H and O–H groups in total. The summed E-state index contributed by atoms with van der Waals surface area (Å²) in [6, 6.07) is 1.39. The summed E-state index contributed by atoms with van der Waals surface area (Å²) in [5.41, 5.74) is 3.11. The number of halogens is 2. The van der Waals surface area contributed by atoms with Crippen LogP contribution in [0.25, 0.3) is 0 Å². The average Bonchev–Trinajstić information content (AvgIpc) is 2.08. The van der Waals surface area contributed by atoms with Crippen LogP contribution in [0.2, 0.25) is 0 Å². The van der Waals surface area contributed by atoms with Gasteiger partial charge < -0.3 is 10.8 Å². The van der Waals surface area contributed by atoms with Gasteiger partial charge in [-0.15, -0.1) is 0 Å². The molecule has 0 spiro atoms. The van der Waals surface area contributed by atoms with Crippen molar-refractivity contribution in [1.82, 2.24) is 0 Å². The maximum absolute atomic E-state index is 12.9. The number of hydrogen-bond acceptors (Lipinski definition) is 2. The third-order valence-electron chi connectivity index (χ3n) is 1.57. The molecule has 0 bridgehead atoms. The molecule has 14 heavy (non-hydrogen) atoms. The van der Waals surface area contributed by atoms with Gasteiger partial charge in [0.15, 0.2) is 11.6 Å². The van der Waals surface area contributed by atoms with E-state index in [0.29, 0.717) is 6.07 Å². The molecule has 4 nitrogen and oxygen atoms in total. The molecule has 1 aromatic carbocycles. The first-order valence-electron chi connectivity index (χ1n) is 3.46. The number of carbonyl (C=O) groups is 2. The molecule has 0 aromatic heterocycles. The minimum Gasteiger partial charge on any atom is -0.478 e. The molecule has 0 radical (unpaired) electrons. The van der Waals surface area contributed by atoms with Crippen molar-refractivity contribution in [2.24, 2.45) is 5.73 Å². The first-order chi connectivity index (χ1) is 6.45. The predicted octanol–water partition coefficient (Wildman–Crippen LogP) is 0.762. The van der Waals surface area contributed by atoms with E-state index in [1.54, 1.807) is 0 Å². The molecule has 0 fully saturated rings. The Labute approximate surface area is 76.9 Å². The summed E-state index contributed by atoms with van der Waals surface area (Å²) in [6.45, 7) is 0. The van der Waals surface area contributed by atoms with Gasteiger partial charge in [0.25, 0.3) is 5.91 Å². The van der Waals surface area contributed by atoms with Crippen molar-refractivity contribution in [3.8, 4) is 0 Å². The van der Waals surface area contributed by atoms with Gasteiger partial charge in [0.1, 0.15) is 0 Å². The number of nitrogens with two attached hydrogens (primary N) is 1. The molecule has 0 unspecified atom stereocenters. The van der Waals surface area contributed by atoms with Crippen molar-refractivity contribution in [2.45, 2.75) is 0 Å². The Morgan fingerprint density at radius 3 is 2.29 bits per heavy atom. The van der Waals surface area contributed by atoms with Crippen LogP contribution in [-0.2, 0) is 0 Å². The fourth-order valence-corrected chi connectivity index (χ4v) is 0.970. The van der Waals surface area contributed by atoms with Gasteiger partial charge in [0.05, 0.1) is 11.1 Å². The first kappa shape index (κ1) is 10.1. The quantitative estimate of drug-likeness (QED) is 0.741. The highest BCUT2D eigenvalue weighted by Crippen LogP contribution is 2.16. The van der Waals surface area contributed by atoms with Crippen LogP contribution in [0.5, 0.6) is 0 Å². The minimum atomic E-state index is -1.54. The molecule has 6 heteroatoms. The zero-order valence-corrected chi connectivity index (χ0v) is 6.75.